The predicted molar refractivity (Wildman–Crippen MR) is 83.4 cm³/mol. The molecule has 3 amide bonds. The molecule has 3 N–H and O–H groups in total. The van der Waals surface area contributed by atoms with E-state index in [1.54, 1.807) is 29.2 Å². The summed E-state index contributed by atoms with van der Waals surface area (Å²) < 4.78 is 0. The Morgan fingerprint density at radius 3 is 2.57 bits per heavy atom. The number of carbonyl (C=O) groups excluding carboxylic acids is 2. The Kier molecular flexibility index (Phi) is 4.18. The average molecular weight is 317 g/mol. The highest BCUT2D eigenvalue weighted by Crippen LogP contribution is 2.26. The monoisotopic (exact) mass is 317 g/mol. The van der Waals surface area contributed by atoms with Crippen molar-refractivity contribution in [2.75, 3.05) is 18.0 Å². The first kappa shape index (κ1) is 15.3. The topological polar surface area (TPSA) is 98.7 Å². The fourth-order valence-corrected chi connectivity index (χ4v) is 3.19. The number of hydrogen-bond donors (Lipinski definition) is 3. The number of urea groups is 1. The number of carbonyl (C=O) groups is 3. The number of nitrogens with one attached hydrogen (secondary N) is 2. The third-order valence-corrected chi connectivity index (χ3v) is 4.45. The van der Waals surface area contributed by atoms with Crippen molar-refractivity contribution in [3.63, 3.8) is 0 Å². The zero-order chi connectivity index (χ0) is 16.4. The second-order valence-electron chi connectivity index (χ2n) is 5.89. The lowest BCUT2D eigenvalue weighted by molar-refractivity contribution is -0.142. The van der Waals surface area contributed by atoms with Crippen LogP contribution in [-0.4, -0.2) is 42.1 Å². The quantitative estimate of drug-likeness (QED) is 0.777. The first-order valence-electron chi connectivity index (χ1n) is 7.75. The number of anilines is 1. The van der Waals surface area contributed by atoms with E-state index in [4.69, 9.17) is 5.11 Å². The molecule has 1 saturated carbocycles. The number of carboxylic acids is 1. The highest BCUT2D eigenvalue weighted by molar-refractivity contribution is 5.97. The van der Waals surface area contributed by atoms with Crippen LogP contribution in [0.15, 0.2) is 24.3 Å². The van der Waals surface area contributed by atoms with E-state index in [-0.39, 0.29) is 18.0 Å². The standard InChI is InChI=1S/C16H19N3O4/c20-14(18-13-3-1-2-12(13)15(21)22)10-4-6-11(7-5-10)19-9-8-17-16(19)23/h4-7,12-13H,1-3,8-9H2,(H,17,23)(H,18,20)(H,21,22)/t12-,13+/m1/s1. The molecule has 1 aromatic rings. The van der Waals surface area contributed by atoms with Crippen LogP contribution >= 0.6 is 0 Å². The Bertz CT molecular complexity index is 629. The number of rotatable bonds is 4. The Morgan fingerprint density at radius 2 is 1.96 bits per heavy atom. The molecule has 3 rings (SSSR count). The van der Waals surface area contributed by atoms with Gasteiger partial charge in [0.2, 0.25) is 0 Å². The molecule has 0 aromatic heterocycles. The summed E-state index contributed by atoms with van der Waals surface area (Å²) in [6, 6.07) is 6.30. The van der Waals surface area contributed by atoms with Gasteiger partial charge >= 0.3 is 12.0 Å². The van der Waals surface area contributed by atoms with Gasteiger partial charge < -0.3 is 15.7 Å². The molecule has 2 atom stereocenters. The average Bonchev–Trinajstić information content (AvgIpc) is 3.16. The zero-order valence-electron chi connectivity index (χ0n) is 12.6. The second-order valence-corrected chi connectivity index (χ2v) is 5.89. The molecule has 1 aliphatic heterocycles. The van der Waals surface area contributed by atoms with Crippen molar-refractivity contribution in [1.29, 1.82) is 0 Å². The first-order chi connectivity index (χ1) is 11.1. The summed E-state index contributed by atoms with van der Waals surface area (Å²) >= 11 is 0. The van der Waals surface area contributed by atoms with Crippen molar-refractivity contribution in [3.05, 3.63) is 29.8 Å². The van der Waals surface area contributed by atoms with Gasteiger partial charge in [0.15, 0.2) is 0 Å². The minimum Gasteiger partial charge on any atom is -0.481 e. The molecule has 1 aliphatic carbocycles. The number of carboxylic acid groups (broad SMARTS) is 1. The van der Waals surface area contributed by atoms with Crippen LogP contribution in [-0.2, 0) is 4.79 Å². The summed E-state index contributed by atoms with van der Waals surface area (Å²) in [6.07, 6.45) is 2.10. The van der Waals surface area contributed by atoms with Crippen LogP contribution in [0.25, 0.3) is 0 Å². The largest absolute Gasteiger partial charge is 0.481 e. The van der Waals surface area contributed by atoms with Gasteiger partial charge in [-0.05, 0) is 37.1 Å². The molecule has 0 radical (unpaired) electrons. The highest BCUT2D eigenvalue weighted by Gasteiger charge is 2.34. The molecule has 1 saturated heterocycles. The van der Waals surface area contributed by atoms with Crippen LogP contribution in [0.5, 0.6) is 0 Å². The van der Waals surface area contributed by atoms with Gasteiger partial charge in [0.1, 0.15) is 0 Å². The van der Waals surface area contributed by atoms with Gasteiger partial charge in [-0.2, -0.15) is 0 Å². The van der Waals surface area contributed by atoms with E-state index in [1.165, 1.54) is 0 Å². The van der Waals surface area contributed by atoms with Gasteiger partial charge in [-0.25, -0.2) is 4.79 Å². The first-order valence-corrected chi connectivity index (χ1v) is 7.75. The van der Waals surface area contributed by atoms with E-state index in [1.807, 2.05) is 0 Å². The van der Waals surface area contributed by atoms with Crippen LogP contribution in [0.3, 0.4) is 0 Å². The van der Waals surface area contributed by atoms with Crippen molar-refractivity contribution >= 4 is 23.6 Å². The van der Waals surface area contributed by atoms with Gasteiger partial charge in [0.05, 0.1) is 5.92 Å². The maximum Gasteiger partial charge on any atom is 0.321 e. The van der Waals surface area contributed by atoms with Crippen molar-refractivity contribution < 1.29 is 19.5 Å². The van der Waals surface area contributed by atoms with Crippen molar-refractivity contribution in [2.24, 2.45) is 5.92 Å². The molecule has 0 unspecified atom stereocenters. The van der Waals surface area contributed by atoms with E-state index >= 15 is 0 Å². The van der Waals surface area contributed by atoms with Crippen LogP contribution in [0.2, 0.25) is 0 Å². The Balaban J connectivity index is 1.66. The van der Waals surface area contributed by atoms with E-state index in [0.29, 0.717) is 31.5 Å². The molecule has 0 bridgehead atoms. The van der Waals surface area contributed by atoms with E-state index in [0.717, 1.165) is 12.1 Å². The van der Waals surface area contributed by atoms with E-state index in [9.17, 15) is 14.4 Å². The Hall–Kier alpha value is -2.57. The van der Waals surface area contributed by atoms with Crippen LogP contribution in [0.4, 0.5) is 10.5 Å². The number of amides is 3. The van der Waals surface area contributed by atoms with Gasteiger partial charge in [0, 0.05) is 30.4 Å². The molecular weight excluding hydrogens is 298 g/mol. The lowest BCUT2D eigenvalue weighted by atomic mass is 10.0. The molecule has 122 valence electrons. The third kappa shape index (κ3) is 3.13. The van der Waals surface area contributed by atoms with E-state index in [2.05, 4.69) is 10.6 Å². The highest BCUT2D eigenvalue weighted by atomic mass is 16.4. The number of aliphatic carboxylic acids is 1. The minimum atomic E-state index is -0.858. The van der Waals surface area contributed by atoms with E-state index < -0.39 is 11.9 Å². The van der Waals surface area contributed by atoms with Crippen LogP contribution in [0.1, 0.15) is 29.6 Å². The number of nitrogens with zero attached hydrogens (tertiary/aromatic N) is 1. The summed E-state index contributed by atoms with van der Waals surface area (Å²) in [5, 5.41) is 14.7. The fraction of sp³-hybridized carbons (Fsp3) is 0.438. The third-order valence-electron chi connectivity index (χ3n) is 4.45. The molecule has 1 heterocycles. The molecule has 2 fully saturated rings. The molecular formula is C16H19N3O4. The maximum atomic E-state index is 12.3. The number of benzene rings is 1. The molecule has 7 heteroatoms. The summed E-state index contributed by atoms with van der Waals surface area (Å²) in [6.45, 7) is 1.21. The lowest BCUT2D eigenvalue weighted by Gasteiger charge is -2.18. The Morgan fingerprint density at radius 1 is 1.22 bits per heavy atom. The molecule has 1 aromatic carbocycles. The molecule has 2 aliphatic rings. The molecule has 7 nitrogen and oxygen atoms in total. The van der Waals surface area contributed by atoms with Crippen molar-refractivity contribution in [1.82, 2.24) is 10.6 Å². The van der Waals surface area contributed by atoms with Crippen molar-refractivity contribution in [2.45, 2.75) is 25.3 Å². The van der Waals surface area contributed by atoms with Crippen LogP contribution in [0, 0.1) is 5.92 Å². The van der Waals surface area contributed by atoms with Gasteiger partial charge in [-0.1, -0.05) is 6.42 Å². The smallest absolute Gasteiger partial charge is 0.321 e. The zero-order valence-corrected chi connectivity index (χ0v) is 12.6. The van der Waals surface area contributed by atoms with Crippen LogP contribution < -0.4 is 15.5 Å². The van der Waals surface area contributed by atoms with Gasteiger partial charge in [0.25, 0.3) is 5.91 Å². The Labute approximate surface area is 133 Å². The molecule has 0 spiro atoms. The summed E-state index contributed by atoms with van der Waals surface area (Å²) in [4.78, 5) is 36.6. The normalized spacial score (nSPS) is 23.7. The SMILES string of the molecule is O=C(N[C@H]1CCC[C@H]1C(=O)O)c1ccc(N2CCNC2=O)cc1. The van der Waals surface area contributed by atoms with Gasteiger partial charge in [-0.15, -0.1) is 0 Å². The molecule has 23 heavy (non-hydrogen) atoms. The maximum absolute atomic E-state index is 12.3. The second kappa shape index (κ2) is 6.28. The summed E-state index contributed by atoms with van der Waals surface area (Å²) in [5.74, 6) is -1.64. The number of hydrogen-bond acceptors (Lipinski definition) is 3. The van der Waals surface area contributed by atoms with Crippen molar-refractivity contribution in [3.8, 4) is 0 Å². The minimum absolute atomic E-state index is 0.141. The predicted octanol–water partition coefficient (Wildman–Crippen LogP) is 1.20. The van der Waals surface area contributed by atoms with Gasteiger partial charge in [-0.3, -0.25) is 14.5 Å². The lowest BCUT2D eigenvalue weighted by Crippen LogP contribution is -2.40. The summed E-state index contributed by atoms with van der Waals surface area (Å²) in [7, 11) is 0. The fourth-order valence-electron chi connectivity index (χ4n) is 3.19. The summed E-state index contributed by atoms with van der Waals surface area (Å²) in [5.41, 5.74) is 1.20.